The molecule has 0 aromatic carbocycles. The predicted molar refractivity (Wildman–Crippen MR) is 65.6 cm³/mol. The van der Waals surface area contributed by atoms with E-state index in [1.165, 1.54) is 32.1 Å². The van der Waals surface area contributed by atoms with E-state index in [9.17, 15) is 0 Å². The maximum atomic E-state index is 6.12. The number of hydrogen-bond donors (Lipinski definition) is 1. The van der Waals surface area contributed by atoms with Gasteiger partial charge >= 0.3 is 0 Å². The Morgan fingerprint density at radius 1 is 1.33 bits per heavy atom. The lowest BCUT2D eigenvalue weighted by Gasteiger charge is -2.39. The molecule has 0 radical (unpaired) electrons. The Hall–Kier alpha value is 0.210. The summed E-state index contributed by atoms with van der Waals surface area (Å²) in [6.07, 6.45) is 7.52. The molecule has 0 aromatic heterocycles. The summed E-state index contributed by atoms with van der Waals surface area (Å²) in [4.78, 5) is 0. The van der Waals surface area contributed by atoms with Crippen molar-refractivity contribution in [3.05, 3.63) is 0 Å². The molecule has 0 saturated heterocycles. The minimum absolute atomic E-state index is 0.201. The Labute approximate surface area is 98.7 Å². The molecule has 1 atom stereocenters. The number of alkyl halides is 1. The summed E-state index contributed by atoms with van der Waals surface area (Å²) in [6, 6.07) is 0.502. The fourth-order valence-electron chi connectivity index (χ4n) is 2.43. The first-order valence-electron chi connectivity index (χ1n) is 6.05. The highest BCUT2D eigenvalue weighted by atomic mass is 35.5. The van der Waals surface area contributed by atoms with Crippen molar-refractivity contribution in [1.82, 2.24) is 5.32 Å². The molecule has 90 valence electrons. The van der Waals surface area contributed by atoms with E-state index in [0.717, 1.165) is 18.9 Å². The number of methoxy groups -OCH3 is 1. The first-order chi connectivity index (χ1) is 7.22. The highest BCUT2D eigenvalue weighted by Crippen LogP contribution is 2.29. The highest BCUT2D eigenvalue weighted by Gasteiger charge is 2.31. The molecule has 3 heteroatoms. The molecule has 0 amide bonds. The SMILES string of the molecule is COCCC(C)NC1(CCl)CCCCC1. The normalized spacial score (nSPS) is 22.6. The van der Waals surface area contributed by atoms with Crippen LogP contribution in [0.1, 0.15) is 45.4 Å². The maximum Gasteiger partial charge on any atom is 0.0476 e. The van der Waals surface area contributed by atoms with Crippen LogP contribution < -0.4 is 5.32 Å². The molecule has 0 bridgehead atoms. The summed E-state index contributed by atoms with van der Waals surface area (Å²) >= 11 is 6.12. The summed E-state index contributed by atoms with van der Waals surface area (Å²) < 4.78 is 5.10. The molecular formula is C12H24ClNO. The van der Waals surface area contributed by atoms with Crippen molar-refractivity contribution >= 4 is 11.6 Å². The van der Waals surface area contributed by atoms with Crippen molar-refractivity contribution in [2.75, 3.05) is 19.6 Å². The van der Waals surface area contributed by atoms with Crippen LogP contribution in [0.4, 0.5) is 0 Å². The molecule has 0 aromatic rings. The van der Waals surface area contributed by atoms with Gasteiger partial charge in [0.1, 0.15) is 0 Å². The predicted octanol–water partition coefficient (Wildman–Crippen LogP) is 2.94. The van der Waals surface area contributed by atoms with E-state index in [0.29, 0.717) is 6.04 Å². The summed E-state index contributed by atoms with van der Waals surface area (Å²) in [5.41, 5.74) is 0.201. The zero-order chi connectivity index (χ0) is 11.1. The van der Waals surface area contributed by atoms with Gasteiger partial charge in [0.2, 0.25) is 0 Å². The Morgan fingerprint density at radius 2 is 2.00 bits per heavy atom. The van der Waals surface area contributed by atoms with Gasteiger partial charge in [-0.15, -0.1) is 11.6 Å². The van der Waals surface area contributed by atoms with Gasteiger partial charge < -0.3 is 10.1 Å². The van der Waals surface area contributed by atoms with E-state index in [1.54, 1.807) is 7.11 Å². The first kappa shape index (κ1) is 13.3. The Kier molecular flexibility index (Phi) is 5.95. The Morgan fingerprint density at radius 3 is 2.53 bits per heavy atom. The summed E-state index contributed by atoms with van der Waals surface area (Å²) in [7, 11) is 1.75. The van der Waals surface area contributed by atoms with Crippen LogP contribution in [0.2, 0.25) is 0 Å². The number of ether oxygens (including phenoxy) is 1. The highest BCUT2D eigenvalue weighted by molar-refractivity contribution is 6.18. The lowest BCUT2D eigenvalue weighted by molar-refractivity contribution is 0.167. The zero-order valence-electron chi connectivity index (χ0n) is 10.0. The van der Waals surface area contributed by atoms with Gasteiger partial charge in [0.15, 0.2) is 0 Å². The Balaban J connectivity index is 2.37. The van der Waals surface area contributed by atoms with Crippen molar-refractivity contribution in [3.8, 4) is 0 Å². The van der Waals surface area contributed by atoms with Crippen molar-refractivity contribution in [3.63, 3.8) is 0 Å². The molecule has 1 rings (SSSR count). The largest absolute Gasteiger partial charge is 0.385 e. The van der Waals surface area contributed by atoms with E-state index in [1.807, 2.05) is 0 Å². The van der Waals surface area contributed by atoms with E-state index >= 15 is 0 Å². The van der Waals surface area contributed by atoms with Gasteiger partial charge in [-0.2, -0.15) is 0 Å². The monoisotopic (exact) mass is 233 g/mol. The number of halogens is 1. The second-order valence-electron chi connectivity index (χ2n) is 4.80. The van der Waals surface area contributed by atoms with Crippen LogP contribution in [0.5, 0.6) is 0 Å². The molecule has 0 spiro atoms. The van der Waals surface area contributed by atoms with Crippen LogP contribution in [-0.2, 0) is 4.74 Å². The Bertz CT molecular complexity index is 169. The maximum absolute atomic E-state index is 6.12. The third-order valence-corrected chi connectivity index (χ3v) is 3.89. The van der Waals surface area contributed by atoms with Gasteiger partial charge in [-0.1, -0.05) is 19.3 Å². The average Bonchev–Trinajstić information content (AvgIpc) is 2.27. The second-order valence-corrected chi connectivity index (χ2v) is 5.07. The van der Waals surface area contributed by atoms with Crippen LogP contribution in [-0.4, -0.2) is 31.2 Å². The topological polar surface area (TPSA) is 21.3 Å². The van der Waals surface area contributed by atoms with Crippen LogP contribution in [0.15, 0.2) is 0 Å². The lowest BCUT2D eigenvalue weighted by atomic mass is 9.82. The quantitative estimate of drug-likeness (QED) is 0.713. The lowest BCUT2D eigenvalue weighted by Crippen LogP contribution is -2.52. The van der Waals surface area contributed by atoms with E-state index in [2.05, 4.69) is 12.2 Å². The van der Waals surface area contributed by atoms with Crippen LogP contribution in [0.25, 0.3) is 0 Å². The minimum atomic E-state index is 0.201. The summed E-state index contributed by atoms with van der Waals surface area (Å²) in [5.74, 6) is 0.740. The minimum Gasteiger partial charge on any atom is -0.385 e. The molecule has 1 fully saturated rings. The molecule has 1 aliphatic rings. The molecule has 1 saturated carbocycles. The molecule has 15 heavy (non-hydrogen) atoms. The molecule has 1 unspecified atom stereocenters. The van der Waals surface area contributed by atoms with Crippen molar-refractivity contribution < 1.29 is 4.74 Å². The summed E-state index contributed by atoms with van der Waals surface area (Å²) in [6.45, 7) is 3.05. The van der Waals surface area contributed by atoms with Gasteiger partial charge in [0.25, 0.3) is 0 Å². The van der Waals surface area contributed by atoms with Crippen molar-refractivity contribution in [1.29, 1.82) is 0 Å². The van der Waals surface area contributed by atoms with E-state index in [-0.39, 0.29) is 5.54 Å². The molecular weight excluding hydrogens is 210 g/mol. The molecule has 0 aliphatic heterocycles. The van der Waals surface area contributed by atoms with Gasteiger partial charge in [0.05, 0.1) is 0 Å². The fourth-order valence-corrected chi connectivity index (χ4v) is 2.78. The zero-order valence-corrected chi connectivity index (χ0v) is 10.8. The van der Waals surface area contributed by atoms with E-state index < -0.39 is 0 Å². The average molecular weight is 234 g/mol. The fraction of sp³-hybridized carbons (Fsp3) is 1.00. The molecule has 0 heterocycles. The van der Waals surface area contributed by atoms with Crippen LogP contribution in [0, 0.1) is 0 Å². The van der Waals surface area contributed by atoms with Gasteiger partial charge in [-0.05, 0) is 26.2 Å². The van der Waals surface area contributed by atoms with Crippen LogP contribution >= 0.6 is 11.6 Å². The smallest absolute Gasteiger partial charge is 0.0476 e. The number of hydrogen-bond acceptors (Lipinski definition) is 2. The molecule has 1 N–H and O–H groups in total. The van der Waals surface area contributed by atoms with Gasteiger partial charge in [-0.3, -0.25) is 0 Å². The van der Waals surface area contributed by atoms with Crippen LogP contribution in [0.3, 0.4) is 0 Å². The standard InChI is InChI=1S/C12H24ClNO/c1-11(6-9-15-2)14-12(10-13)7-4-3-5-8-12/h11,14H,3-10H2,1-2H3. The van der Waals surface area contributed by atoms with Crippen molar-refractivity contribution in [2.24, 2.45) is 0 Å². The molecule has 1 aliphatic carbocycles. The van der Waals surface area contributed by atoms with E-state index in [4.69, 9.17) is 16.3 Å². The summed E-state index contributed by atoms with van der Waals surface area (Å²) in [5, 5.41) is 3.70. The van der Waals surface area contributed by atoms with Crippen molar-refractivity contribution in [2.45, 2.75) is 57.0 Å². The number of rotatable bonds is 6. The third-order valence-electron chi connectivity index (χ3n) is 3.37. The van der Waals surface area contributed by atoms with Gasteiger partial charge in [-0.25, -0.2) is 0 Å². The van der Waals surface area contributed by atoms with Gasteiger partial charge in [0, 0.05) is 31.2 Å². The molecule has 2 nitrogen and oxygen atoms in total. The third kappa shape index (κ3) is 4.29. The number of nitrogens with one attached hydrogen (secondary N) is 1. The second kappa shape index (κ2) is 6.72. The first-order valence-corrected chi connectivity index (χ1v) is 6.58.